The van der Waals surface area contributed by atoms with E-state index >= 15 is 0 Å². The Kier molecular flexibility index (Phi) is 9.13. The van der Waals surface area contributed by atoms with Crippen molar-refractivity contribution >= 4 is 12.2 Å². The van der Waals surface area contributed by atoms with Gasteiger partial charge in [-0.1, -0.05) is 45.4 Å². The normalized spacial score (nSPS) is 12.1. The Morgan fingerprint density at radius 3 is 2.33 bits per heavy atom. The lowest BCUT2D eigenvalue weighted by Gasteiger charge is -2.09. The van der Waals surface area contributed by atoms with E-state index in [1.165, 1.54) is 32.6 Å². The third-order valence-corrected chi connectivity index (χ3v) is 2.37. The number of unbranched alkanes of at least 4 members (excludes halogenated alkanes) is 5. The van der Waals surface area contributed by atoms with Crippen molar-refractivity contribution in [2.45, 2.75) is 64.8 Å². The van der Waals surface area contributed by atoms with Gasteiger partial charge in [-0.15, -0.1) is 0 Å². The average molecular weight is 212 g/mol. The van der Waals surface area contributed by atoms with Crippen LogP contribution in [0, 0.1) is 0 Å². The maximum Gasteiger partial charge on any atom is 0.222 e. The van der Waals surface area contributed by atoms with Crippen LogP contribution in [-0.2, 0) is 9.59 Å². The predicted octanol–water partition coefficient (Wildman–Crippen LogP) is 2.35. The van der Waals surface area contributed by atoms with Crippen molar-refractivity contribution in [1.29, 1.82) is 0 Å². The molecule has 0 aromatic heterocycles. The Morgan fingerprint density at radius 2 is 1.80 bits per heavy atom. The van der Waals surface area contributed by atoms with E-state index in [2.05, 4.69) is 12.2 Å². The summed E-state index contributed by atoms with van der Waals surface area (Å²) in [5.41, 5.74) is 0. The van der Waals surface area contributed by atoms with Gasteiger partial charge in [-0.05, 0) is 6.42 Å². The number of hydrogen-bond donors (Lipinski definition) is 1. The quantitative estimate of drug-likeness (QED) is 0.596. The highest BCUT2D eigenvalue weighted by Crippen LogP contribution is 2.07. The zero-order valence-electron chi connectivity index (χ0n) is 9.84. The van der Waals surface area contributed by atoms with Crippen LogP contribution in [0.2, 0.25) is 0 Å². The number of carbonyl (C=O) groups excluding carboxylic acids is 2. The molecular weight excluding hydrogens is 190 g/mol. The Morgan fingerprint density at radius 1 is 1.20 bits per heavy atom. The van der Waals surface area contributed by atoms with Gasteiger partial charge < -0.3 is 5.32 Å². The second-order valence-corrected chi connectivity index (χ2v) is 3.93. The van der Waals surface area contributed by atoms with E-state index in [1.807, 2.05) is 6.29 Å². The molecule has 0 aromatic carbocycles. The molecule has 1 N–H and O–H groups in total. The summed E-state index contributed by atoms with van der Waals surface area (Å²) in [5, 5.41) is 2.57. The molecule has 0 aliphatic rings. The van der Waals surface area contributed by atoms with Crippen LogP contribution in [0.5, 0.6) is 0 Å². The summed E-state index contributed by atoms with van der Waals surface area (Å²) in [6, 6.07) is -0.409. The molecule has 1 radical (unpaired) electrons. The second-order valence-electron chi connectivity index (χ2n) is 3.93. The zero-order chi connectivity index (χ0) is 11.5. The number of hydrogen-bond acceptors (Lipinski definition) is 2. The third kappa shape index (κ3) is 9.44. The van der Waals surface area contributed by atoms with E-state index < -0.39 is 6.04 Å². The Labute approximate surface area is 92.6 Å². The number of carbonyl (C=O) groups is 1. The monoisotopic (exact) mass is 212 g/mol. The first-order valence-electron chi connectivity index (χ1n) is 5.85. The van der Waals surface area contributed by atoms with E-state index in [0.717, 1.165) is 19.3 Å². The average Bonchev–Trinajstić information content (AvgIpc) is 2.20. The summed E-state index contributed by atoms with van der Waals surface area (Å²) >= 11 is 0. The Balaban J connectivity index is 3.38. The van der Waals surface area contributed by atoms with Crippen molar-refractivity contribution < 1.29 is 9.59 Å². The lowest BCUT2D eigenvalue weighted by atomic mass is 10.1. The summed E-state index contributed by atoms with van der Waals surface area (Å²) in [6.07, 6.45) is 9.72. The minimum Gasteiger partial charge on any atom is -0.346 e. The first-order chi connectivity index (χ1) is 7.20. The van der Waals surface area contributed by atoms with Crippen LogP contribution in [-0.4, -0.2) is 18.2 Å². The van der Waals surface area contributed by atoms with Crippen molar-refractivity contribution in [3.05, 3.63) is 0 Å². The summed E-state index contributed by atoms with van der Waals surface area (Å²) in [5.74, 6) is -0.158. The molecule has 87 valence electrons. The Bertz CT molecular complexity index is 180. The van der Waals surface area contributed by atoms with Gasteiger partial charge in [0.1, 0.15) is 0 Å². The molecule has 0 saturated heterocycles. The smallest absolute Gasteiger partial charge is 0.222 e. The molecular formula is C12H22NO2. The molecule has 3 nitrogen and oxygen atoms in total. The van der Waals surface area contributed by atoms with E-state index in [-0.39, 0.29) is 5.91 Å². The van der Waals surface area contributed by atoms with E-state index in [9.17, 15) is 9.59 Å². The van der Waals surface area contributed by atoms with Gasteiger partial charge in [0.2, 0.25) is 12.2 Å². The molecule has 0 heterocycles. The maximum absolute atomic E-state index is 10.7. The van der Waals surface area contributed by atoms with Crippen molar-refractivity contribution in [3.8, 4) is 0 Å². The minimum atomic E-state index is -0.409. The SMILES string of the molecule is CCCCCCCCC([C]=O)NC(C)=O. The minimum absolute atomic E-state index is 0.158. The Hall–Kier alpha value is -0.860. The fraction of sp³-hybridized carbons (Fsp3) is 0.833. The van der Waals surface area contributed by atoms with E-state index in [1.54, 1.807) is 0 Å². The van der Waals surface area contributed by atoms with Crippen molar-refractivity contribution in [1.82, 2.24) is 5.32 Å². The lowest BCUT2D eigenvalue weighted by Crippen LogP contribution is -2.34. The van der Waals surface area contributed by atoms with E-state index in [0.29, 0.717) is 0 Å². The van der Waals surface area contributed by atoms with Crippen LogP contribution in [0.15, 0.2) is 0 Å². The number of rotatable bonds is 9. The molecule has 0 rings (SSSR count). The molecule has 0 saturated carbocycles. The standard InChI is InChI=1S/C12H22NO2/c1-3-4-5-6-7-8-9-12(10-14)13-11(2)15/h12H,3-9H2,1-2H3,(H,13,15). The fourth-order valence-corrected chi connectivity index (χ4v) is 1.53. The van der Waals surface area contributed by atoms with Gasteiger partial charge in [-0.3, -0.25) is 9.59 Å². The summed E-state index contributed by atoms with van der Waals surface area (Å²) < 4.78 is 0. The number of nitrogens with one attached hydrogen (secondary N) is 1. The summed E-state index contributed by atoms with van der Waals surface area (Å²) in [7, 11) is 0. The van der Waals surface area contributed by atoms with Crippen LogP contribution in [0.1, 0.15) is 58.8 Å². The van der Waals surface area contributed by atoms with E-state index in [4.69, 9.17) is 0 Å². The van der Waals surface area contributed by atoms with Crippen molar-refractivity contribution in [2.75, 3.05) is 0 Å². The van der Waals surface area contributed by atoms with Crippen LogP contribution >= 0.6 is 0 Å². The number of amides is 1. The molecule has 0 spiro atoms. The van der Waals surface area contributed by atoms with Gasteiger partial charge in [-0.2, -0.15) is 0 Å². The largest absolute Gasteiger partial charge is 0.346 e. The van der Waals surface area contributed by atoms with Crippen LogP contribution < -0.4 is 5.32 Å². The molecule has 3 heteroatoms. The molecule has 1 unspecified atom stereocenters. The van der Waals surface area contributed by atoms with Crippen LogP contribution in [0.4, 0.5) is 0 Å². The third-order valence-electron chi connectivity index (χ3n) is 2.37. The highest BCUT2D eigenvalue weighted by molar-refractivity contribution is 5.77. The zero-order valence-corrected chi connectivity index (χ0v) is 9.84. The molecule has 0 aromatic rings. The van der Waals surface area contributed by atoms with Gasteiger partial charge in [-0.25, -0.2) is 0 Å². The topological polar surface area (TPSA) is 46.2 Å². The maximum atomic E-state index is 10.7. The molecule has 1 amide bonds. The molecule has 0 aliphatic heterocycles. The predicted molar refractivity (Wildman–Crippen MR) is 61.3 cm³/mol. The summed E-state index contributed by atoms with van der Waals surface area (Å²) in [6.45, 7) is 3.61. The van der Waals surface area contributed by atoms with Gasteiger partial charge in [0.15, 0.2) is 0 Å². The molecule has 0 aliphatic carbocycles. The first-order valence-corrected chi connectivity index (χ1v) is 5.85. The van der Waals surface area contributed by atoms with Crippen molar-refractivity contribution in [3.63, 3.8) is 0 Å². The molecule has 15 heavy (non-hydrogen) atoms. The molecule has 0 bridgehead atoms. The van der Waals surface area contributed by atoms with Gasteiger partial charge in [0.05, 0.1) is 6.04 Å². The highest BCUT2D eigenvalue weighted by Gasteiger charge is 2.08. The molecule has 1 atom stereocenters. The highest BCUT2D eigenvalue weighted by atomic mass is 16.2. The van der Waals surface area contributed by atoms with Gasteiger partial charge in [0.25, 0.3) is 0 Å². The first kappa shape index (κ1) is 14.1. The van der Waals surface area contributed by atoms with Gasteiger partial charge in [0, 0.05) is 6.92 Å². The van der Waals surface area contributed by atoms with Gasteiger partial charge >= 0.3 is 0 Å². The van der Waals surface area contributed by atoms with Crippen LogP contribution in [0.25, 0.3) is 0 Å². The fourth-order valence-electron chi connectivity index (χ4n) is 1.53. The molecule has 0 fully saturated rings. The van der Waals surface area contributed by atoms with Crippen molar-refractivity contribution in [2.24, 2.45) is 0 Å². The second kappa shape index (κ2) is 9.69. The van der Waals surface area contributed by atoms with Crippen LogP contribution in [0.3, 0.4) is 0 Å². The lowest BCUT2D eigenvalue weighted by molar-refractivity contribution is -0.119. The summed E-state index contributed by atoms with van der Waals surface area (Å²) in [4.78, 5) is 21.2.